The first-order valence-corrected chi connectivity index (χ1v) is 7.10. The summed E-state index contributed by atoms with van der Waals surface area (Å²) in [6.07, 6.45) is 0. The lowest BCUT2D eigenvalue weighted by atomic mass is 9.91. The van der Waals surface area contributed by atoms with Gasteiger partial charge in [0.15, 0.2) is 5.30 Å². The fourth-order valence-electron chi connectivity index (χ4n) is 1.96. The Hall–Kier alpha value is -0.470. The van der Waals surface area contributed by atoms with Crippen molar-refractivity contribution < 1.29 is 14.7 Å². The summed E-state index contributed by atoms with van der Waals surface area (Å²) in [6, 6.07) is 5.32. The molecule has 0 saturated heterocycles. The molecule has 0 aliphatic heterocycles. The summed E-state index contributed by atoms with van der Waals surface area (Å²) in [5, 5.41) is 0.286. The van der Waals surface area contributed by atoms with E-state index >= 15 is 0 Å². The minimum Gasteiger partial charge on any atom is -0.189 e. The normalized spacial score (nSPS) is 12.6. The van der Waals surface area contributed by atoms with Gasteiger partial charge in [0.05, 0.1) is 0 Å². The summed E-state index contributed by atoms with van der Waals surface area (Å²) >= 11 is 0. The second-order valence-electron chi connectivity index (χ2n) is 4.66. The Morgan fingerprint density at radius 3 is 1.88 bits per heavy atom. The highest BCUT2D eigenvalue weighted by Gasteiger charge is 2.38. The molecule has 0 aliphatic carbocycles. The Morgan fingerprint density at radius 1 is 0.938 bits per heavy atom. The molecule has 1 aromatic rings. The minimum atomic E-state index is -3.93. The van der Waals surface area contributed by atoms with Crippen molar-refractivity contribution >= 4 is 13.2 Å². The zero-order chi connectivity index (χ0) is 12.5. The van der Waals surface area contributed by atoms with Gasteiger partial charge in [0.25, 0.3) is 0 Å². The van der Waals surface area contributed by atoms with Crippen LogP contribution in [-0.2, 0) is 0 Å². The van der Waals surface area contributed by atoms with Gasteiger partial charge in [-0.1, -0.05) is 39.8 Å². The van der Waals surface area contributed by atoms with E-state index in [1.54, 1.807) is 12.1 Å². The largest absolute Gasteiger partial charge is 0.441 e. The quantitative estimate of drug-likeness (QED) is 0.714. The van der Waals surface area contributed by atoms with Gasteiger partial charge in [-0.25, -0.2) is 0 Å². The van der Waals surface area contributed by atoms with Gasteiger partial charge in [-0.15, -0.1) is 0 Å². The fraction of sp³-hybridized carbons (Fsp3) is 0.500. The second-order valence-corrected chi connectivity index (χ2v) is 6.28. The van der Waals surface area contributed by atoms with Crippen LogP contribution in [0.5, 0.6) is 0 Å². The maximum absolute atomic E-state index is 9.45. The maximum Gasteiger partial charge on any atom is 0.441 e. The molecule has 1 rings (SSSR count). The van der Waals surface area contributed by atoms with Gasteiger partial charge >= 0.3 is 7.94 Å². The predicted molar refractivity (Wildman–Crippen MR) is 67.8 cm³/mol. The van der Waals surface area contributed by atoms with E-state index in [0.29, 0.717) is 5.92 Å². The third-order valence-electron chi connectivity index (χ3n) is 2.64. The summed E-state index contributed by atoms with van der Waals surface area (Å²) < 4.78 is 0. The van der Waals surface area contributed by atoms with Crippen LogP contribution >= 0.6 is 7.94 Å². The average Bonchev–Trinajstić information content (AvgIpc) is 2.14. The zero-order valence-corrected chi connectivity index (χ0v) is 11.1. The standard InChI is InChI=1S/C12H20O3P/c1-8(2)10-6-5-7-11(16(13,14)15)12(10)9(3)4/h5-9,13-15H,1-4H3/q+1. The second kappa shape index (κ2) is 4.80. The Labute approximate surface area is 97.3 Å². The monoisotopic (exact) mass is 243 g/mol. The zero-order valence-electron chi connectivity index (χ0n) is 10.2. The molecule has 16 heavy (non-hydrogen) atoms. The van der Waals surface area contributed by atoms with Crippen LogP contribution in [0, 0.1) is 0 Å². The van der Waals surface area contributed by atoms with Crippen molar-refractivity contribution in [2.24, 2.45) is 0 Å². The SMILES string of the molecule is CC(C)c1cccc([P+](O)(O)O)c1C(C)C. The van der Waals surface area contributed by atoms with Gasteiger partial charge in [-0.05, 0) is 23.5 Å². The highest BCUT2D eigenvalue weighted by atomic mass is 31.2. The van der Waals surface area contributed by atoms with E-state index in [2.05, 4.69) is 13.8 Å². The fourth-order valence-corrected chi connectivity index (χ4v) is 2.96. The van der Waals surface area contributed by atoms with Crippen LogP contribution < -0.4 is 5.30 Å². The Bertz CT molecular complexity index is 367. The van der Waals surface area contributed by atoms with Gasteiger partial charge in [-0.3, -0.25) is 0 Å². The summed E-state index contributed by atoms with van der Waals surface area (Å²) in [4.78, 5) is 28.3. The highest BCUT2D eigenvalue weighted by Crippen LogP contribution is 2.46. The minimum absolute atomic E-state index is 0.152. The van der Waals surface area contributed by atoms with E-state index in [1.165, 1.54) is 0 Å². The molecule has 0 radical (unpaired) electrons. The summed E-state index contributed by atoms with van der Waals surface area (Å²) in [5.74, 6) is 0.448. The maximum atomic E-state index is 9.45. The number of rotatable bonds is 3. The van der Waals surface area contributed by atoms with Crippen LogP contribution in [0.1, 0.15) is 50.7 Å². The number of benzene rings is 1. The molecule has 0 spiro atoms. The molecule has 3 nitrogen and oxygen atoms in total. The number of hydrogen-bond acceptors (Lipinski definition) is 3. The molecule has 0 bridgehead atoms. The first kappa shape index (κ1) is 13.6. The van der Waals surface area contributed by atoms with E-state index in [9.17, 15) is 14.7 Å². The van der Waals surface area contributed by atoms with Gasteiger partial charge in [0, 0.05) is 5.56 Å². The van der Waals surface area contributed by atoms with Crippen LogP contribution in [0.4, 0.5) is 0 Å². The van der Waals surface area contributed by atoms with Gasteiger partial charge in [0.1, 0.15) is 0 Å². The van der Waals surface area contributed by atoms with Crippen LogP contribution in [0.2, 0.25) is 0 Å². The third-order valence-corrected chi connectivity index (χ3v) is 3.68. The van der Waals surface area contributed by atoms with Gasteiger partial charge < -0.3 is 0 Å². The Balaban J connectivity index is 3.45. The van der Waals surface area contributed by atoms with Crippen LogP contribution in [0.3, 0.4) is 0 Å². The molecule has 0 amide bonds. The van der Waals surface area contributed by atoms with Crippen molar-refractivity contribution in [2.75, 3.05) is 0 Å². The van der Waals surface area contributed by atoms with Crippen LogP contribution in [0.15, 0.2) is 18.2 Å². The van der Waals surface area contributed by atoms with Gasteiger partial charge in [-0.2, -0.15) is 14.7 Å². The molecule has 0 heterocycles. The molecule has 3 N–H and O–H groups in total. The van der Waals surface area contributed by atoms with Crippen molar-refractivity contribution in [3.05, 3.63) is 29.3 Å². The van der Waals surface area contributed by atoms with E-state index in [1.807, 2.05) is 19.9 Å². The van der Waals surface area contributed by atoms with Crippen molar-refractivity contribution in [2.45, 2.75) is 39.5 Å². The Kier molecular flexibility index (Phi) is 4.08. The highest BCUT2D eigenvalue weighted by molar-refractivity contribution is 7.66. The molecular weight excluding hydrogens is 223 g/mol. The summed E-state index contributed by atoms with van der Waals surface area (Å²) in [7, 11) is -3.93. The van der Waals surface area contributed by atoms with E-state index in [0.717, 1.165) is 11.1 Å². The molecule has 0 fully saturated rings. The molecule has 0 unspecified atom stereocenters. The topological polar surface area (TPSA) is 60.7 Å². The van der Waals surface area contributed by atoms with E-state index in [4.69, 9.17) is 0 Å². The van der Waals surface area contributed by atoms with Crippen LogP contribution in [0.25, 0.3) is 0 Å². The number of hydrogen-bond donors (Lipinski definition) is 3. The van der Waals surface area contributed by atoms with Gasteiger partial charge in [0.2, 0.25) is 0 Å². The van der Waals surface area contributed by atoms with Crippen molar-refractivity contribution in [3.63, 3.8) is 0 Å². The molecule has 4 heteroatoms. The lowest BCUT2D eigenvalue weighted by molar-refractivity contribution is 0.346. The van der Waals surface area contributed by atoms with Crippen molar-refractivity contribution in [3.8, 4) is 0 Å². The molecule has 0 aliphatic rings. The van der Waals surface area contributed by atoms with Crippen LogP contribution in [-0.4, -0.2) is 14.7 Å². The summed E-state index contributed by atoms with van der Waals surface area (Å²) in [5.41, 5.74) is 1.92. The molecular formula is C12H20O3P+. The first-order chi connectivity index (χ1) is 7.25. The first-order valence-electron chi connectivity index (χ1n) is 5.45. The van der Waals surface area contributed by atoms with Crippen molar-refractivity contribution in [1.29, 1.82) is 0 Å². The lowest BCUT2D eigenvalue weighted by Gasteiger charge is -2.19. The Morgan fingerprint density at radius 2 is 1.50 bits per heavy atom. The van der Waals surface area contributed by atoms with E-state index < -0.39 is 7.94 Å². The smallest absolute Gasteiger partial charge is 0.189 e. The summed E-state index contributed by atoms with van der Waals surface area (Å²) in [6.45, 7) is 8.08. The molecule has 90 valence electrons. The molecule has 1 aromatic carbocycles. The van der Waals surface area contributed by atoms with Crippen molar-refractivity contribution in [1.82, 2.24) is 0 Å². The molecule has 0 atom stereocenters. The third kappa shape index (κ3) is 2.80. The lowest BCUT2D eigenvalue weighted by Crippen LogP contribution is -2.19. The van der Waals surface area contributed by atoms with E-state index in [-0.39, 0.29) is 11.2 Å². The molecule has 0 aromatic heterocycles. The predicted octanol–water partition coefficient (Wildman–Crippen LogP) is 2.30. The average molecular weight is 243 g/mol. The molecule has 0 saturated carbocycles.